The maximum Gasteiger partial charge on any atom is 0.165 e. The molecule has 1 aromatic carbocycles. The molecule has 0 bridgehead atoms. The number of nitrogens with zero attached hydrogens (tertiary/aromatic N) is 1. The number of phenolic OH excluding ortho intramolecular Hbond substituents is 1. The van der Waals surface area contributed by atoms with Crippen LogP contribution in [0.5, 0.6) is 5.75 Å². The number of hydrogen-bond acceptors (Lipinski definition) is 2. The van der Waals surface area contributed by atoms with Gasteiger partial charge in [-0.25, -0.2) is 4.39 Å². The van der Waals surface area contributed by atoms with Gasteiger partial charge in [0.15, 0.2) is 11.6 Å². The fourth-order valence-electron chi connectivity index (χ4n) is 0.798. The minimum Gasteiger partial charge on any atom is -0.505 e. The Hall–Kier alpha value is -1.08. The van der Waals surface area contributed by atoms with E-state index in [9.17, 15) is 4.39 Å². The van der Waals surface area contributed by atoms with Crippen molar-refractivity contribution in [2.45, 2.75) is 6.42 Å². The lowest BCUT2D eigenvalue weighted by atomic mass is 10.1. The molecule has 62 valence electrons. The highest BCUT2D eigenvalue weighted by molar-refractivity contribution is 9.10. The molecule has 1 rings (SSSR count). The van der Waals surface area contributed by atoms with E-state index in [4.69, 9.17) is 10.4 Å². The molecule has 4 heteroatoms. The average Bonchev–Trinajstić information content (AvgIpc) is 2.01. The fraction of sp³-hybridized carbons (Fsp3) is 0.125. The standard InChI is InChI=1S/C8H5BrFNO/c9-6-4-8(12)7(10)3-5(6)1-2-11/h3-4,12H,1H2. The van der Waals surface area contributed by atoms with Crippen molar-refractivity contribution in [2.75, 3.05) is 0 Å². The smallest absolute Gasteiger partial charge is 0.165 e. The highest BCUT2D eigenvalue weighted by Gasteiger charge is 2.06. The molecule has 0 atom stereocenters. The highest BCUT2D eigenvalue weighted by atomic mass is 79.9. The van der Waals surface area contributed by atoms with Crippen LogP contribution in [0, 0.1) is 17.1 Å². The van der Waals surface area contributed by atoms with Gasteiger partial charge in [-0.1, -0.05) is 15.9 Å². The Morgan fingerprint density at radius 2 is 2.25 bits per heavy atom. The molecule has 0 aliphatic heterocycles. The summed E-state index contributed by atoms with van der Waals surface area (Å²) in [6, 6.07) is 4.27. The van der Waals surface area contributed by atoms with Crippen LogP contribution >= 0.6 is 15.9 Å². The van der Waals surface area contributed by atoms with Gasteiger partial charge in [-0.3, -0.25) is 0 Å². The molecule has 0 heterocycles. The number of phenols is 1. The number of rotatable bonds is 1. The van der Waals surface area contributed by atoms with E-state index in [1.165, 1.54) is 6.07 Å². The van der Waals surface area contributed by atoms with E-state index in [-0.39, 0.29) is 6.42 Å². The van der Waals surface area contributed by atoms with Gasteiger partial charge in [0, 0.05) is 4.47 Å². The molecule has 0 saturated heterocycles. The predicted molar refractivity (Wildman–Crippen MR) is 45.1 cm³/mol. The van der Waals surface area contributed by atoms with Gasteiger partial charge in [0.05, 0.1) is 12.5 Å². The Balaban J connectivity index is 3.16. The van der Waals surface area contributed by atoms with Gasteiger partial charge >= 0.3 is 0 Å². The van der Waals surface area contributed by atoms with Crippen molar-refractivity contribution in [2.24, 2.45) is 0 Å². The van der Waals surface area contributed by atoms with E-state index in [0.29, 0.717) is 10.0 Å². The van der Waals surface area contributed by atoms with Crippen molar-refractivity contribution < 1.29 is 9.50 Å². The molecule has 0 radical (unpaired) electrons. The summed E-state index contributed by atoms with van der Waals surface area (Å²) in [4.78, 5) is 0. The third-order valence-electron chi connectivity index (χ3n) is 1.39. The van der Waals surface area contributed by atoms with Crippen molar-refractivity contribution in [1.29, 1.82) is 5.26 Å². The van der Waals surface area contributed by atoms with Crippen molar-refractivity contribution in [3.8, 4) is 11.8 Å². The van der Waals surface area contributed by atoms with Crippen LogP contribution in [0.25, 0.3) is 0 Å². The largest absolute Gasteiger partial charge is 0.505 e. The second kappa shape index (κ2) is 3.55. The van der Waals surface area contributed by atoms with Crippen LogP contribution < -0.4 is 0 Å². The summed E-state index contributed by atoms with van der Waals surface area (Å²) >= 11 is 3.10. The van der Waals surface area contributed by atoms with Crippen molar-refractivity contribution in [1.82, 2.24) is 0 Å². The maximum atomic E-state index is 12.7. The summed E-state index contributed by atoms with van der Waals surface area (Å²) in [5, 5.41) is 17.3. The van der Waals surface area contributed by atoms with Gasteiger partial charge in [0.25, 0.3) is 0 Å². The molecule has 0 unspecified atom stereocenters. The molecule has 0 aromatic heterocycles. The van der Waals surface area contributed by atoms with E-state index >= 15 is 0 Å². The van der Waals surface area contributed by atoms with E-state index in [1.54, 1.807) is 0 Å². The lowest BCUT2D eigenvalue weighted by Crippen LogP contribution is -1.86. The number of halogens is 2. The zero-order valence-electron chi connectivity index (χ0n) is 6.01. The molecule has 0 amide bonds. The summed E-state index contributed by atoms with van der Waals surface area (Å²) in [5.41, 5.74) is 0.535. The Morgan fingerprint density at radius 3 is 2.83 bits per heavy atom. The van der Waals surface area contributed by atoms with E-state index in [1.807, 2.05) is 6.07 Å². The van der Waals surface area contributed by atoms with Gasteiger partial charge in [-0.15, -0.1) is 0 Å². The van der Waals surface area contributed by atoms with E-state index < -0.39 is 11.6 Å². The van der Waals surface area contributed by atoms with Crippen LogP contribution in [-0.4, -0.2) is 5.11 Å². The first-order chi connectivity index (χ1) is 5.65. The molecular weight excluding hydrogens is 225 g/mol. The molecule has 2 nitrogen and oxygen atoms in total. The quantitative estimate of drug-likeness (QED) is 0.804. The van der Waals surface area contributed by atoms with Gasteiger partial charge in [0.1, 0.15) is 0 Å². The number of nitriles is 1. The van der Waals surface area contributed by atoms with Gasteiger partial charge in [0.2, 0.25) is 0 Å². The van der Waals surface area contributed by atoms with Crippen molar-refractivity contribution >= 4 is 15.9 Å². The Bertz CT molecular complexity index is 346. The predicted octanol–water partition coefficient (Wildman–Crippen LogP) is 2.36. The van der Waals surface area contributed by atoms with Crippen molar-refractivity contribution in [3.05, 3.63) is 28.0 Å². The summed E-state index contributed by atoms with van der Waals surface area (Å²) in [7, 11) is 0. The highest BCUT2D eigenvalue weighted by Crippen LogP contribution is 2.25. The minimum atomic E-state index is -0.705. The first kappa shape index (κ1) is 9.01. The second-order valence-corrected chi connectivity index (χ2v) is 3.08. The molecular formula is C8H5BrFNO. The zero-order valence-corrected chi connectivity index (χ0v) is 7.60. The van der Waals surface area contributed by atoms with Crippen LogP contribution in [0.4, 0.5) is 4.39 Å². The van der Waals surface area contributed by atoms with Crippen LogP contribution in [0.15, 0.2) is 16.6 Å². The first-order valence-electron chi connectivity index (χ1n) is 3.19. The van der Waals surface area contributed by atoms with E-state index in [0.717, 1.165) is 6.07 Å². The number of aromatic hydroxyl groups is 1. The second-order valence-electron chi connectivity index (χ2n) is 2.23. The Kier molecular flexibility index (Phi) is 2.66. The van der Waals surface area contributed by atoms with Crippen LogP contribution in [-0.2, 0) is 6.42 Å². The molecule has 0 aliphatic carbocycles. The maximum absolute atomic E-state index is 12.7. The SMILES string of the molecule is N#CCc1cc(F)c(O)cc1Br. The monoisotopic (exact) mass is 229 g/mol. The van der Waals surface area contributed by atoms with Gasteiger partial charge in [-0.05, 0) is 17.7 Å². The normalized spacial score (nSPS) is 9.42. The molecule has 1 aromatic rings. The summed E-state index contributed by atoms with van der Waals surface area (Å²) in [6.07, 6.45) is 0.123. The van der Waals surface area contributed by atoms with Gasteiger partial charge < -0.3 is 5.11 Å². The summed E-state index contributed by atoms with van der Waals surface area (Å²) in [5.74, 6) is -1.12. The lowest BCUT2D eigenvalue weighted by Gasteiger charge is -2.01. The summed E-state index contributed by atoms with van der Waals surface area (Å²) < 4.78 is 13.2. The Labute approximate surface area is 77.4 Å². The van der Waals surface area contributed by atoms with Gasteiger partial charge in [-0.2, -0.15) is 5.26 Å². The van der Waals surface area contributed by atoms with Crippen LogP contribution in [0.1, 0.15) is 5.56 Å². The minimum absolute atomic E-state index is 0.123. The zero-order chi connectivity index (χ0) is 9.14. The fourth-order valence-corrected chi connectivity index (χ4v) is 1.27. The molecule has 0 saturated carbocycles. The first-order valence-corrected chi connectivity index (χ1v) is 3.98. The van der Waals surface area contributed by atoms with Crippen molar-refractivity contribution in [3.63, 3.8) is 0 Å². The molecule has 12 heavy (non-hydrogen) atoms. The molecule has 0 fully saturated rings. The third kappa shape index (κ3) is 1.74. The Morgan fingerprint density at radius 1 is 1.58 bits per heavy atom. The molecule has 1 N–H and O–H groups in total. The molecule has 0 aliphatic rings. The number of benzene rings is 1. The summed E-state index contributed by atoms with van der Waals surface area (Å²) in [6.45, 7) is 0. The van der Waals surface area contributed by atoms with E-state index in [2.05, 4.69) is 15.9 Å². The third-order valence-corrected chi connectivity index (χ3v) is 2.12. The number of hydrogen-bond donors (Lipinski definition) is 1. The average molecular weight is 230 g/mol. The van der Waals surface area contributed by atoms with Crippen LogP contribution in [0.2, 0.25) is 0 Å². The lowest BCUT2D eigenvalue weighted by molar-refractivity contribution is 0.431. The molecule has 0 spiro atoms. The van der Waals surface area contributed by atoms with Crippen LogP contribution in [0.3, 0.4) is 0 Å². The topological polar surface area (TPSA) is 44.0 Å².